The Kier molecular flexibility index (Phi) is 7.36. The van der Waals surface area contributed by atoms with Crippen LogP contribution >= 0.6 is 22.9 Å². The fourth-order valence-electron chi connectivity index (χ4n) is 2.18. The number of esters is 1. The summed E-state index contributed by atoms with van der Waals surface area (Å²) in [4.78, 5) is 36.4. The molecule has 0 aliphatic heterocycles. The van der Waals surface area contributed by atoms with Gasteiger partial charge in [-0.2, -0.15) is 0 Å². The van der Waals surface area contributed by atoms with Gasteiger partial charge in [0.15, 0.2) is 11.9 Å². The third-order valence-corrected chi connectivity index (χ3v) is 4.98. The number of anilines is 1. The second-order valence-corrected chi connectivity index (χ2v) is 7.41. The molecule has 1 aromatic carbocycles. The Balaban J connectivity index is 1.78. The Labute approximate surface area is 161 Å². The number of carbonyl (C=O) groups is 3. The second kappa shape index (κ2) is 9.50. The molecule has 2 aromatic rings. The summed E-state index contributed by atoms with van der Waals surface area (Å²) in [7, 11) is 0. The summed E-state index contributed by atoms with van der Waals surface area (Å²) in [6, 6.07) is 10.7. The number of Topliss-reactive ketones (excluding diaryl/α,β-unsaturated/α-hetero) is 1. The molecule has 1 N–H and O–H groups in total. The second-order valence-electron chi connectivity index (χ2n) is 5.70. The molecule has 2 rings (SSSR count). The summed E-state index contributed by atoms with van der Waals surface area (Å²) < 4.78 is 5.62. The lowest BCUT2D eigenvalue weighted by Crippen LogP contribution is -2.30. The lowest BCUT2D eigenvalue weighted by Gasteiger charge is -2.13. The molecule has 0 aliphatic carbocycles. The Bertz CT molecular complexity index is 785. The number of halogens is 1. The van der Waals surface area contributed by atoms with Gasteiger partial charge in [-0.05, 0) is 43.2 Å². The maximum Gasteiger partial charge on any atom is 0.307 e. The lowest BCUT2D eigenvalue weighted by molar-refractivity contribution is -0.153. The molecule has 0 spiro atoms. The molecule has 5 nitrogen and oxygen atoms in total. The summed E-state index contributed by atoms with van der Waals surface area (Å²) in [6.07, 6.45) is -0.0992. The molecular formula is C19H20ClNO4S. The minimum absolute atomic E-state index is 0.0164. The third kappa shape index (κ3) is 5.97. The number of aryl methyl sites for hydroxylation is 1. The van der Waals surface area contributed by atoms with Crippen LogP contribution in [-0.4, -0.2) is 23.8 Å². The molecule has 1 aromatic heterocycles. The van der Waals surface area contributed by atoms with Gasteiger partial charge in [-0.25, -0.2) is 0 Å². The summed E-state index contributed by atoms with van der Waals surface area (Å²) in [5.74, 6) is -1.18. The number of rotatable bonds is 8. The highest BCUT2D eigenvalue weighted by atomic mass is 35.5. The molecule has 7 heteroatoms. The van der Waals surface area contributed by atoms with E-state index in [9.17, 15) is 14.4 Å². The first-order valence-electron chi connectivity index (χ1n) is 8.27. The number of thiophene rings is 1. The van der Waals surface area contributed by atoms with Gasteiger partial charge < -0.3 is 10.1 Å². The van der Waals surface area contributed by atoms with E-state index in [0.717, 1.165) is 6.42 Å². The Morgan fingerprint density at radius 2 is 1.81 bits per heavy atom. The number of hydrogen-bond acceptors (Lipinski definition) is 5. The van der Waals surface area contributed by atoms with Gasteiger partial charge in [0.05, 0.1) is 15.6 Å². The zero-order chi connectivity index (χ0) is 19.1. The van der Waals surface area contributed by atoms with Crippen LogP contribution in [0.1, 0.15) is 41.9 Å². The number of ether oxygens (including phenoxy) is 1. The molecule has 0 saturated carbocycles. The van der Waals surface area contributed by atoms with E-state index in [-0.39, 0.29) is 18.6 Å². The topological polar surface area (TPSA) is 72.5 Å². The Morgan fingerprint density at radius 1 is 1.12 bits per heavy atom. The van der Waals surface area contributed by atoms with E-state index in [0.29, 0.717) is 14.9 Å². The van der Waals surface area contributed by atoms with Crippen molar-refractivity contribution in [3.05, 3.63) is 51.2 Å². The van der Waals surface area contributed by atoms with Crippen LogP contribution in [0, 0.1) is 0 Å². The van der Waals surface area contributed by atoms with Crippen molar-refractivity contribution in [2.24, 2.45) is 0 Å². The van der Waals surface area contributed by atoms with Crippen molar-refractivity contribution in [3.63, 3.8) is 0 Å². The standard InChI is InChI=1S/C19H20ClNO4S/c1-3-13-4-6-14(7-5-13)21-19(24)12(2)25-18(23)11-8-15(22)16-9-10-17(20)26-16/h4-7,9-10,12H,3,8,11H2,1-2H3,(H,21,24)/t12-/m1/s1. The zero-order valence-corrected chi connectivity index (χ0v) is 16.2. The molecule has 0 fully saturated rings. The van der Waals surface area contributed by atoms with Gasteiger partial charge in [0.2, 0.25) is 0 Å². The van der Waals surface area contributed by atoms with Crippen LogP contribution < -0.4 is 5.32 Å². The van der Waals surface area contributed by atoms with Gasteiger partial charge in [0.1, 0.15) is 0 Å². The molecular weight excluding hydrogens is 374 g/mol. The van der Waals surface area contributed by atoms with E-state index in [1.807, 2.05) is 19.1 Å². The molecule has 26 heavy (non-hydrogen) atoms. The van der Waals surface area contributed by atoms with Crippen molar-refractivity contribution in [1.82, 2.24) is 0 Å². The molecule has 1 atom stereocenters. The van der Waals surface area contributed by atoms with Gasteiger partial charge >= 0.3 is 5.97 Å². The number of nitrogens with one attached hydrogen (secondary N) is 1. The minimum atomic E-state index is -0.945. The van der Waals surface area contributed by atoms with Crippen LogP contribution in [0.25, 0.3) is 0 Å². The monoisotopic (exact) mass is 393 g/mol. The number of carbonyl (C=O) groups excluding carboxylic acids is 3. The molecule has 0 saturated heterocycles. The smallest absolute Gasteiger partial charge is 0.307 e. The molecule has 0 aliphatic rings. The number of ketones is 1. The molecule has 1 amide bonds. The predicted octanol–water partition coefficient (Wildman–Crippen LogP) is 4.50. The van der Waals surface area contributed by atoms with Crippen molar-refractivity contribution in [1.29, 1.82) is 0 Å². The van der Waals surface area contributed by atoms with E-state index in [2.05, 4.69) is 5.32 Å². The number of benzene rings is 1. The van der Waals surface area contributed by atoms with Gasteiger partial charge in [-0.1, -0.05) is 30.7 Å². The van der Waals surface area contributed by atoms with Crippen molar-refractivity contribution in [3.8, 4) is 0 Å². The predicted molar refractivity (Wildman–Crippen MR) is 103 cm³/mol. The Hall–Kier alpha value is -2.18. The maximum absolute atomic E-state index is 12.1. The first-order chi connectivity index (χ1) is 12.4. The minimum Gasteiger partial charge on any atom is -0.453 e. The first-order valence-corrected chi connectivity index (χ1v) is 9.46. The highest BCUT2D eigenvalue weighted by molar-refractivity contribution is 7.18. The number of hydrogen-bond donors (Lipinski definition) is 1. The Morgan fingerprint density at radius 3 is 2.38 bits per heavy atom. The van der Waals surface area contributed by atoms with E-state index in [1.54, 1.807) is 24.3 Å². The van der Waals surface area contributed by atoms with Crippen molar-refractivity contribution in [2.75, 3.05) is 5.32 Å². The van der Waals surface area contributed by atoms with Crippen LogP contribution in [0.3, 0.4) is 0 Å². The van der Waals surface area contributed by atoms with Gasteiger partial charge in [-0.3, -0.25) is 14.4 Å². The van der Waals surface area contributed by atoms with E-state index in [1.165, 1.54) is 23.8 Å². The summed E-state index contributed by atoms with van der Waals surface area (Å²) in [5.41, 5.74) is 1.80. The lowest BCUT2D eigenvalue weighted by atomic mass is 10.1. The molecule has 1 heterocycles. The van der Waals surface area contributed by atoms with E-state index >= 15 is 0 Å². The average Bonchev–Trinajstić information content (AvgIpc) is 3.06. The zero-order valence-electron chi connectivity index (χ0n) is 14.6. The summed E-state index contributed by atoms with van der Waals surface area (Å²) in [6.45, 7) is 3.54. The molecule has 138 valence electrons. The molecule has 0 unspecified atom stereocenters. The fraction of sp³-hybridized carbons (Fsp3) is 0.316. The quantitative estimate of drug-likeness (QED) is 0.529. The van der Waals surface area contributed by atoms with E-state index < -0.39 is 18.0 Å². The highest BCUT2D eigenvalue weighted by Crippen LogP contribution is 2.23. The van der Waals surface area contributed by atoms with Crippen LogP contribution in [-0.2, 0) is 20.7 Å². The van der Waals surface area contributed by atoms with Crippen LogP contribution in [0.5, 0.6) is 0 Å². The van der Waals surface area contributed by atoms with Gasteiger partial charge in [0, 0.05) is 12.1 Å². The van der Waals surface area contributed by atoms with Crippen molar-refractivity contribution in [2.45, 2.75) is 39.2 Å². The molecule has 0 radical (unpaired) electrons. The first kappa shape index (κ1) is 20.1. The SMILES string of the molecule is CCc1ccc(NC(=O)[C@@H](C)OC(=O)CCC(=O)c2ccc(Cl)s2)cc1. The van der Waals surface area contributed by atoms with Crippen LogP contribution in [0.4, 0.5) is 5.69 Å². The van der Waals surface area contributed by atoms with Gasteiger partial charge in [-0.15, -0.1) is 11.3 Å². The largest absolute Gasteiger partial charge is 0.453 e. The fourth-order valence-corrected chi connectivity index (χ4v) is 3.19. The normalized spacial score (nSPS) is 11.7. The third-order valence-electron chi connectivity index (χ3n) is 3.71. The summed E-state index contributed by atoms with van der Waals surface area (Å²) in [5, 5.41) is 2.70. The highest BCUT2D eigenvalue weighted by Gasteiger charge is 2.19. The van der Waals surface area contributed by atoms with Crippen molar-refractivity contribution >= 4 is 46.3 Å². The maximum atomic E-state index is 12.1. The van der Waals surface area contributed by atoms with Crippen LogP contribution in [0.15, 0.2) is 36.4 Å². The van der Waals surface area contributed by atoms with E-state index in [4.69, 9.17) is 16.3 Å². The molecule has 0 bridgehead atoms. The van der Waals surface area contributed by atoms with Crippen LogP contribution in [0.2, 0.25) is 4.34 Å². The average molecular weight is 394 g/mol. The van der Waals surface area contributed by atoms with Crippen molar-refractivity contribution < 1.29 is 19.1 Å². The summed E-state index contributed by atoms with van der Waals surface area (Å²) >= 11 is 6.95. The number of amides is 1. The van der Waals surface area contributed by atoms with Gasteiger partial charge in [0.25, 0.3) is 5.91 Å².